The van der Waals surface area contributed by atoms with Gasteiger partial charge in [0, 0.05) is 0 Å². The number of benzene rings is 3. The van der Waals surface area contributed by atoms with E-state index in [1.54, 1.807) is 0 Å². The molecular formula is C27H36N3O6P3. The van der Waals surface area contributed by atoms with Crippen molar-refractivity contribution in [2.24, 2.45) is 13.5 Å². The van der Waals surface area contributed by atoms with E-state index in [1.165, 1.54) is 0 Å². The summed E-state index contributed by atoms with van der Waals surface area (Å²) in [5.74, 6) is 1.60. The summed E-state index contributed by atoms with van der Waals surface area (Å²) < 4.78 is 54.1. The number of hydrogen-bond donors (Lipinski definition) is 0. The lowest BCUT2D eigenvalue weighted by molar-refractivity contribution is 0.219. The molecule has 0 radical (unpaired) electrons. The smallest absolute Gasteiger partial charge is 0.404 e. The minimum absolute atomic E-state index is 0.303. The summed E-state index contributed by atoms with van der Waals surface area (Å²) in [6.07, 6.45) is -0.908. The molecule has 0 spiro atoms. The van der Waals surface area contributed by atoms with Gasteiger partial charge in [-0.2, -0.15) is 0 Å². The maximum absolute atomic E-state index is 6.53. The van der Waals surface area contributed by atoms with Crippen LogP contribution >= 0.6 is 23.0 Å². The highest BCUT2D eigenvalue weighted by molar-refractivity contribution is 7.78. The molecule has 39 heavy (non-hydrogen) atoms. The van der Waals surface area contributed by atoms with Crippen molar-refractivity contribution in [2.75, 3.05) is 0 Å². The highest BCUT2D eigenvalue weighted by Gasteiger charge is 2.47. The lowest BCUT2D eigenvalue weighted by Crippen LogP contribution is -2.13. The van der Waals surface area contributed by atoms with Crippen molar-refractivity contribution in [3.63, 3.8) is 0 Å². The normalized spacial score (nSPS) is 24.5. The third kappa shape index (κ3) is 8.31. The molecule has 0 N–H and O–H groups in total. The molecule has 3 aromatic rings. The maximum Gasteiger partial charge on any atom is 0.404 e. The van der Waals surface area contributed by atoms with Gasteiger partial charge in [-0.25, -0.2) is 0 Å². The Bertz CT molecular complexity index is 1200. The van der Waals surface area contributed by atoms with Crippen molar-refractivity contribution in [1.82, 2.24) is 0 Å². The molecule has 0 bridgehead atoms. The predicted octanol–water partition coefficient (Wildman–Crippen LogP) is 10.4. The number of nitrogens with zero attached hydrogens (tertiary/aromatic N) is 3. The maximum atomic E-state index is 6.53. The summed E-state index contributed by atoms with van der Waals surface area (Å²) >= 11 is 0. The van der Waals surface area contributed by atoms with Gasteiger partial charge in [0.2, 0.25) is 0 Å². The van der Waals surface area contributed by atoms with Gasteiger partial charge in [0.05, 0.1) is 18.3 Å². The van der Waals surface area contributed by atoms with Crippen molar-refractivity contribution < 1.29 is 27.1 Å². The summed E-state index contributed by atoms with van der Waals surface area (Å²) in [6.45, 7) is 11.4. The Kier molecular flexibility index (Phi) is 9.77. The van der Waals surface area contributed by atoms with E-state index >= 15 is 0 Å². The zero-order chi connectivity index (χ0) is 27.9. The monoisotopic (exact) mass is 591 g/mol. The summed E-state index contributed by atoms with van der Waals surface area (Å²) in [4.78, 5) is 0. The van der Waals surface area contributed by atoms with E-state index < -0.39 is 23.0 Å². The van der Waals surface area contributed by atoms with Crippen molar-refractivity contribution in [3.8, 4) is 17.2 Å². The van der Waals surface area contributed by atoms with Crippen LogP contribution in [0.25, 0.3) is 0 Å². The number of para-hydroxylation sites is 3. The first-order valence-electron chi connectivity index (χ1n) is 12.8. The molecule has 3 aromatic carbocycles. The molecule has 0 amide bonds. The molecule has 1 aliphatic heterocycles. The first-order valence-corrected chi connectivity index (χ1v) is 17.4. The van der Waals surface area contributed by atoms with E-state index in [0.717, 1.165) is 0 Å². The fourth-order valence-corrected chi connectivity index (χ4v) is 13.1. The minimum Gasteiger partial charge on any atom is -0.422 e. The van der Waals surface area contributed by atoms with Crippen LogP contribution in [-0.2, 0) is 13.6 Å². The van der Waals surface area contributed by atoms with Crippen molar-refractivity contribution in [2.45, 2.75) is 59.9 Å². The molecule has 0 aromatic heterocycles. The number of rotatable bonds is 12. The zero-order valence-corrected chi connectivity index (χ0v) is 25.7. The first-order chi connectivity index (χ1) is 18.6. The average molecular weight is 592 g/mol. The van der Waals surface area contributed by atoms with Crippen LogP contribution in [0, 0.1) is 0 Å². The van der Waals surface area contributed by atoms with Crippen LogP contribution in [0.5, 0.6) is 17.2 Å². The molecule has 1 aliphatic rings. The summed E-state index contributed by atoms with van der Waals surface area (Å²) in [5, 5.41) is 0. The second-order valence-corrected chi connectivity index (χ2v) is 15.7. The van der Waals surface area contributed by atoms with Gasteiger partial charge < -0.3 is 13.6 Å². The second kappa shape index (κ2) is 12.9. The van der Waals surface area contributed by atoms with Crippen LogP contribution < -0.4 is 13.6 Å². The van der Waals surface area contributed by atoms with Gasteiger partial charge in [-0.15, -0.1) is 13.5 Å². The van der Waals surface area contributed by atoms with Gasteiger partial charge in [0.15, 0.2) is 0 Å². The standard InChI is InChI=1S/C27H36N3O6P3/c1-22(2)31-37(34-25-16-10-7-11-17-25)28-38(32-23(3)4,35-26-18-12-8-13-19-26)30-39(29-37,33-24(5)6)36-27-20-14-9-15-21-27/h7-24H,1-6H3. The Morgan fingerprint density at radius 3 is 0.846 bits per heavy atom. The zero-order valence-electron chi connectivity index (χ0n) is 23.0. The van der Waals surface area contributed by atoms with E-state index in [2.05, 4.69) is 0 Å². The molecule has 1 heterocycles. The first kappa shape index (κ1) is 29.6. The molecule has 210 valence electrons. The molecule has 0 unspecified atom stereocenters. The van der Waals surface area contributed by atoms with Crippen LogP contribution in [0.2, 0.25) is 0 Å². The molecule has 0 fully saturated rings. The lowest BCUT2D eigenvalue weighted by Gasteiger charge is -2.34. The minimum atomic E-state index is -3.54. The fraction of sp³-hybridized carbons (Fsp3) is 0.333. The molecule has 12 heteroatoms. The van der Waals surface area contributed by atoms with Crippen LogP contribution in [0.15, 0.2) is 105 Å². The molecule has 0 saturated carbocycles. The largest absolute Gasteiger partial charge is 0.422 e. The van der Waals surface area contributed by atoms with Crippen molar-refractivity contribution >= 4 is 23.0 Å². The average Bonchev–Trinajstić information content (AvgIpc) is 2.83. The molecule has 0 saturated heterocycles. The topological polar surface area (TPSA) is 92.5 Å². The third-order valence-electron chi connectivity index (χ3n) is 4.63. The summed E-state index contributed by atoms with van der Waals surface area (Å²) in [5.41, 5.74) is 0. The lowest BCUT2D eigenvalue weighted by atomic mass is 10.3. The van der Waals surface area contributed by atoms with Crippen LogP contribution in [0.4, 0.5) is 0 Å². The third-order valence-corrected chi connectivity index (χ3v) is 13.5. The SMILES string of the molecule is CC(C)OP1(Oc2ccccc2)=NP(Oc2ccccc2)(OC(C)C)=NP(Oc2ccccc2)(OC(C)C)=N1. The van der Waals surface area contributed by atoms with E-state index in [-0.39, 0.29) is 18.3 Å². The van der Waals surface area contributed by atoms with Crippen molar-refractivity contribution in [1.29, 1.82) is 0 Å². The summed E-state index contributed by atoms with van der Waals surface area (Å²) in [7, 11) is -10.6. The molecular weight excluding hydrogens is 555 g/mol. The highest BCUT2D eigenvalue weighted by atomic mass is 31.3. The number of hydrogen-bond acceptors (Lipinski definition) is 9. The molecule has 4 rings (SSSR count). The van der Waals surface area contributed by atoms with Crippen LogP contribution in [0.1, 0.15) is 41.5 Å². The van der Waals surface area contributed by atoms with Crippen molar-refractivity contribution in [3.05, 3.63) is 91.0 Å². The Morgan fingerprint density at radius 2 is 0.641 bits per heavy atom. The van der Waals surface area contributed by atoms with E-state index in [1.807, 2.05) is 133 Å². The van der Waals surface area contributed by atoms with E-state index in [4.69, 9.17) is 40.7 Å². The predicted molar refractivity (Wildman–Crippen MR) is 158 cm³/mol. The van der Waals surface area contributed by atoms with Gasteiger partial charge in [0.1, 0.15) is 17.2 Å². The Labute approximate surface area is 231 Å². The van der Waals surface area contributed by atoms with Gasteiger partial charge in [0.25, 0.3) is 0 Å². The Balaban J connectivity index is 2.05. The van der Waals surface area contributed by atoms with Crippen LogP contribution in [0.3, 0.4) is 0 Å². The van der Waals surface area contributed by atoms with E-state index in [9.17, 15) is 0 Å². The fourth-order valence-electron chi connectivity index (χ4n) is 3.46. The highest BCUT2D eigenvalue weighted by Crippen LogP contribution is 2.80. The van der Waals surface area contributed by atoms with Gasteiger partial charge in [-0.3, -0.25) is 13.6 Å². The molecule has 9 nitrogen and oxygen atoms in total. The Morgan fingerprint density at radius 1 is 0.410 bits per heavy atom. The summed E-state index contributed by atoms with van der Waals surface area (Å²) in [6, 6.07) is 27.9. The van der Waals surface area contributed by atoms with Gasteiger partial charge >= 0.3 is 23.0 Å². The van der Waals surface area contributed by atoms with Crippen LogP contribution in [-0.4, -0.2) is 18.3 Å². The quantitative estimate of drug-likeness (QED) is 0.195. The van der Waals surface area contributed by atoms with E-state index in [0.29, 0.717) is 17.2 Å². The van der Waals surface area contributed by atoms with Gasteiger partial charge in [-0.05, 0) is 77.9 Å². The Hall–Kier alpha value is -2.37. The molecule has 0 aliphatic carbocycles. The molecule has 0 atom stereocenters. The second-order valence-electron chi connectivity index (χ2n) is 9.42. The van der Waals surface area contributed by atoms with Gasteiger partial charge in [-0.1, -0.05) is 54.6 Å².